The van der Waals surface area contributed by atoms with Crippen molar-refractivity contribution in [2.45, 2.75) is 46.0 Å². The van der Waals surface area contributed by atoms with Gasteiger partial charge in [-0.2, -0.15) is 0 Å². The van der Waals surface area contributed by atoms with E-state index in [2.05, 4.69) is 33.8 Å². The lowest BCUT2D eigenvalue weighted by Crippen LogP contribution is -2.41. The third-order valence-corrected chi connectivity index (χ3v) is 3.76. The van der Waals surface area contributed by atoms with Crippen LogP contribution in [-0.4, -0.2) is 50.6 Å². The van der Waals surface area contributed by atoms with Crippen LogP contribution < -0.4 is 5.32 Å². The van der Waals surface area contributed by atoms with Crippen LogP contribution in [0.25, 0.3) is 0 Å². The van der Waals surface area contributed by atoms with Gasteiger partial charge in [0.2, 0.25) is 0 Å². The molecule has 0 saturated carbocycles. The summed E-state index contributed by atoms with van der Waals surface area (Å²) in [6.07, 6.45) is 4.71. The average Bonchev–Trinajstić information content (AvgIpc) is 2.77. The first-order chi connectivity index (χ1) is 9.48. The SMILES string of the molecule is CN=C(NCCCCCC(=O)OC)N1CCC(C)(C)C1.I. The Labute approximate surface area is 145 Å². The third-order valence-electron chi connectivity index (χ3n) is 3.76. The van der Waals surface area contributed by atoms with E-state index >= 15 is 0 Å². The first kappa shape index (κ1) is 20.5. The lowest BCUT2D eigenvalue weighted by atomic mass is 9.93. The maximum Gasteiger partial charge on any atom is 0.305 e. The summed E-state index contributed by atoms with van der Waals surface area (Å²) in [5.41, 5.74) is 0.387. The molecule has 0 atom stereocenters. The summed E-state index contributed by atoms with van der Waals surface area (Å²) < 4.78 is 4.62. The normalized spacial score (nSPS) is 17.3. The molecule has 0 bridgehead atoms. The molecule has 0 aliphatic carbocycles. The second kappa shape index (κ2) is 10.2. The Hall–Kier alpha value is -0.530. The fraction of sp³-hybridized carbons (Fsp3) is 0.867. The Morgan fingerprint density at radius 3 is 2.57 bits per heavy atom. The molecule has 1 aliphatic rings. The monoisotopic (exact) mass is 411 g/mol. The molecular weight excluding hydrogens is 381 g/mol. The topological polar surface area (TPSA) is 53.9 Å². The molecule has 0 unspecified atom stereocenters. The predicted molar refractivity (Wildman–Crippen MR) is 97.2 cm³/mol. The van der Waals surface area contributed by atoms with E-state index in [0.29, 0.717) is 11.8 Å². The van der Waals surface area contributed by atoms with Gasteiger partial charge in [-0.25, -0.2) is 0 Å². The fourth-order valence-electron chi connectivity index (χ4n) is 2.50. The minimum atomic E-state index is -0.118. The molecule has 0 aromatic rings. The summed E-state index contributed by atoms with van der Waals surface area (Å²) in [5, 5.41) is 3.41. The molecule has 1 aliphatic heterocycles. The number of nitrogens with one attached hydrogen (secondary N) is 1. The number of nitrogens with zero attached hydrogens (tertiary/aromatic N) is 2. The van der Waals surface area contributed by atoms with E-state index in [-0.39, 0.29) is 29.9 Å². The van der Waals surface area contributed by atoms with Crippen molar-refractivity contribution in [3.63, 3.8) is 0 Å². The van der Waals surface area contributed by atoms with Crippen LogP contribution in [0.4, 0.5) is 0 Å². The van der Waals surface area contributed by atoms with Gasteiger partial charge >= 0.3 is 5.97 Å². The third kappa shape index (κ3) is 7.87. The van der Waals surface area contributed by atoms with E-state index in [9.17, 15) is 4.79 Å². The minimum absolute atomic E-state index is 0. The van der Waals surface area contributed by atoms with Crippen LogP contribution in [0.2, 0.25) is 0 Å². The zero-order valence-electron chi connectivity index (χ0n) is 13.8. The lowest BCUT2D eigenvalue weighted by molar-refractivity contribution is -0.140. The molecule has 0 aromatic carbocycles. The highest BCUT2D eigenvalue weighted by Gasteiger charge is 2.30. The van der Waals surface area contributed by atoms with Crippen molar-refractivity contribution in [1.29, 1.82) is 0 Å². The number of methoxy groups -OCH3 is 1. The van der Waals surface area contributed by atoms with Gasteiger partial charge in [0.05, 0.1) is 7.11 Å². The average molecular weight is 411 g/mol. The Bertz CT molecular complexity index is 346. The van der Waals surface area contributed by atoms with E-state index in [1.54, 1.807) is 0 Å². The molecule has 1 N–H and O–H groups in total. The maximum atomic E-state index is 11.0. The quantitative estimate of drug-likeness (QED) is 0.240. The van der Waals surface area contributed by atoms with Gasteiger partial charge < -0.3 is 15.0 Å². The molecular formula is C15H30IN3O2. The van der Waals surface area contributed by atoms with Gasteiger partial charge in [0, 0.05) is 33.1 Å². The zero-order valence-corrected chi connectivity index (χ0v) is 16.1. The number of rotatable bonds is 6. The molecule has 1 saturated heterocycles. The standard InChI is InChI=1S/C15H29N3O2.HI/c1-15(2)9-11-18(12-15)14(16-3)17-10-7-5-6-8-13(19)20-4;/h5-12H2,1-4H3,(H,16,17);1H. The highest BCUT2D eigenvalue weighted by Crippen LogP contribution is 2.28. The van der Waals surface area contributed by atoms with Gasteiger partial charge in [-0.1, -0.05) is 20.3 Å². The predicted octanol–water partition coefficient (Wildman–Crippen LogP) is 2.65. The van der Waals surface area contributed by atoms with Gasteiger partial charge in [0.15, 0.2) is 5.96 Å². The van der Waals surface area contributed by atoms with Crippen LogP contribution in [-0.2, 0) is 9.53 Å². The zero-order chi connectivity index (χ0) is 15.0. The molecule has 21 heavy (non-hydrogen) atoms. The van der Waals surface area contributed by atoms with Crippen molar-refractivity contribution in [2.24, 2.45) is 10.4 Å². The Morgan fingerprint density at radius 2 is 2.05 bits per heavy atom. The molecule has 0 amide bonds. The molecule has 0 radical (unpaired) electrons. The van der Waals surface area contributed by atoms with E-state index in [1.807, 2.05) is 7.05 Å². The van der Waals surface area contributed by atoms with Crippen LogP contribution in [0.15, 0.2) is 4.99 Å². The minimum Gasteiger partial charge on any atom is -0.469 e. The Morgan fingerprint density at radius 1 is 1.33 bits per heavy atom. The van der Waals surface area contributed by atoms with Crippen molar-refractivity contribution in [3.8, 4) is 0 Å². The van der Waals surface area contributed by atoms with Gasteiger partial charge in [0.1, 0.15) is 0 Å². The number of unbranched alkanes of at least 4 members (excludes halogenated alkanes) is 2. The van der Waals surface area contributed by atoms with Gasteiger partial charge in [-0.15, -0.1) is 24.0 Å². The van der Waals surface area contributed by atoms with Crippen LogP contribution in [0, 0.1) is 5.41 Å². The number of esters is 1. The summed E-state index contributed by atoms with van der Waals surface area (Å²) in [5.74, 6) is 0.886. The van der Waals surface area contributed by atoms with Crippen LogP contribution >= 0.6 is 24.0 Å². The molecule has 0 aromatic heterocycles. The molecule has 6 heteroatoms. The Balaban J connectivity index is 0.00000400. The second-order valence-corrected chi connectivity index (χ2v) is 6.20. The van der Waals surface area contributed by atoms with Crippen molar-refractivity contribution < 1.29 is 9.53 Å². The number of guanidine groups is 1. The van der Waals surface area contributed by atoms with Crippen LogP contribution in [0.3, 0.4) is 0 Å². The number of ether oxygens (including phenoxy) is 1. The van der Waals surface area contributed by atoms with E-state index in [0.717, 1.165) is 44.9 Å². The molecule has 0 spiro atoms. The molecule has 1 heterocycles. The summed E-state index contributed by atoms with van der Waals surface area (Å²) in [4.78, 5) is 17.7. The summed E-state index contributed by atoms with van der Waals surface area (Å²) >= 11 is 0. The molecule has 1 rings (SSSR count). The number of hydrogen-bond acceptors (Lipinski definition) is 3. The van der Waals surface area contributed by atoms with E-state index in [4.69, 9.17) is 0 Å². The summed E-state index contributed by atoms with van der Waals surface area (Å²) in [6.45, 7) is 7.65. The number of halogens is 1. The van der Waals surface area contributed by atoms with E-state index < -0.39 is 0 Å². The number of carbonyl (C=O) groups excluding carboxylic acids is 1. The molecule has 124 valence electrons. The van der Waals surface area contributed by atoms with Crippen molar-refractivity contribution in [3.05, 3.63) is 0 Å². The van der Waals surface area contributed by atoms with Crippen LogP contribution in [0.1, 0.15) is 46.0 Å². The van der Waals surface area contributed by atoms with E-state index in [1.165, 1.54) is 13.5 Å². The van der Waals surface area contributed by atoms with Gasteiger partial charge in [-0.05, 0) is 24.7 Å². The number of hydrogen-bond donors (Lipinski definition) is 1. The largest absolute Gasteiger partial charge is 0.469 e. The van der Waals surface area contributed by atoms with Gasteiger partial charge in [0.25, 0.3) is 0 Å². The van der Waals surface area contributed by atoms with Crippen LogP contribution in [0.5, 0.6) is 0 Å². The number of likely N-dealkylation sites (tertiary alicyclic amines) is 1. The van der Waals surface area contributed by atoms with Crippen molar-refractivity contribution in [1.82, 2.24) is 10.2 Å². The highest BCUT2D eigenvalue weighted by atomic mass is 127. The summed E-state index contributed by atoms with van der Waals surface area (Å²) in [6, 6.07) is 0. The highest BCUT2D eigenvalue weighted by molar-refractivity contribution is 14.0. The maximum absolute atomic E-state index is 11.0. The number of aliphatic imine (C=N–C) groups is 1. The Kier molecular flexibility index (Phi) is 9.98. The first-order valence-electron chi connectivity index (χ1n) is 7.51. The fourth-order valence-corrected chi connectivity index (χ4v) is 2.50. The molecule has 5 nitrogen and oxygen atoms in total. The smallest absolute Gasteiger partial charge is 0.305 e. The van der Waals surface area contributed by atoms with Gasteiger partial charge in [-0.3, -0.25) is 9.79 Å². The lowest BCUT2D eigenvalue weighted by Gasteiger charge is -2.23. The number of carbonyl (C=O) groups is 1. The van der Waals surface area contributed by atoms with Crippen molar-refractivity contribution >= 4 is 35.9 Å². The second-order valence-electron chi connectivity index (χ2n) is 6.20. The first-order valence-corrected chi connectivity index (χ1v) is 7.51. The molecule has 1 fully saturated rings. The summed E-state index contributed by atoms with van der Waals surface area (Å²) in [7, 11) is 3.27. The van der Waals surface area contributed by atoms with Crippen molar-refractivity contribution in [2.75, 3.05) is 33.8 Å².